The zero-order valence-corrected chi connectivity index (χ0v) is 28.3. The third kappa shape index (κ3) is 6.34. The fraction of sp³-hybridized carbons (Fsp3) is 0.371. The first kappa shape index (κ1) is 31.7. The lowest BCUT2D eigenvalue weighted by Crippen LogP contribution is -2.44. The number of benzene rings is 2. The zero-order chi connectivity index (χ0) is 33.8. The smallest absolute Gasteiger partial charge is 0.266 e. The lowest BCUT2D eigenvalue weighted by molar-refractivity contribution is 0.0537. The average Bonchev–Trinajstić information content (AvgIpc) is 3.61. The number of nitrogens with zero attached hydrogens (tertiary/aromatic N) is 6. The van der Waals surface area contributed by atoms with E-state index in [1.54, 1.807) is 29.3 Å². The van der Waals surface area contributed by atoms with Crippen LogP contribution >= 0.6 is 0 Å². The van der Waals surface area contributed by atoms with E-state index < -0.39 is 16.1 Å². The normalized spacial score (nSPS) is 18.4. The predicted octanol–water partition coefficient (Wildman–Crippen LogP) is 6.21. The van der Waals surface area contributed by atoms with Gasteiger partial charge in [0.2, 0.25) is 23.4 Å². The minimum atomic E-state index is -4.18. The molecular formula is C35H37N7O5S. The van der Waals surface area contributed by atoms with Gasteiger partial charge in [-0.25, -0.2) is 28.1 Å². The maximum atomic E-state index is 14.4. The lowest BCUT2D eigenvalue weighted by Gasteiger charge is -2.33. The molecule has 1 aliphatic heterocycles. The van der Waals surface area contributed by atoms with Crippen molar-refractivity contribution in [2.24, 2.45) is 5.41 Å². The van der Waals surface area contributed by atoms with Crippen LogP contribution in [0.1, 0.15) is 79.0 Å². The summed E-state index contributed by atoms with van der Waals surface area (Å²) in [6, 6.07) is 13.2. The third-order valence-electron chi connectivity index (χ3n) is 9.03. The molecule has 4 bridgehead atoms. The first-order chi connectivity index (χ1) is 22.9. The van der Waals surface area contributed by atoms with Gasteiger partial charge >= 0.3 is 0 Å². The minimum absolute atomic E-state index is 0.0292. The molecule has 13 heteroatoms. The second-order valence-corrected chi connectivity index (χ2v) is 15.1. The number of anilines is 1. The van der Waals surface area contributed by atoms with E-state index in [0.717, 1.165) is 29.5 Å². The monoisotopic (exact) mass is 667 g/mol. The quantitative estimate of drug-likeness (QED) is 0.221. The summed E-state index contributed by atoms with van der Waals surface area (Å²) < 4.78 is 42.0. The van der Waals surface area contributed by atoms with Crippen molar-refractivity contribution in [1.82, 2.24) is 29.8 Å². The second-order valence-electron chi connectivity index (χ2n) is 13.4. The number of nitrogens with one attached hydrogen (secondary N) is 1. The summed E-state index contributed by atoms with van der Waals surface area (Å²) in [6.45, 7) is 10.3. The Hall–Kier alpha value is -4.91. The van der Waals surface area contributed by atoms with Gasteiger partial charge < -0.3 is 14.1 Å². The Morgan fingerprint density at radius 3 is 2.50 bits per heavy atom. The lowest BCUT2D eigenvalue weighted by atomic mass is 9.97. The van der Waals surface area contributed by atoms with Crippen LogP contribution < -0.4 is 9.46 Å². The minimum Gasteiger partial charge on any atom is -0.475 e. The van der Waals surface area contributed by atoms with Crippen molar-refractivity contribution in [2.45, 2.75) is 77.3 Å². The Bertz CT molecular complexity index is 2140. The molecule has 2 aromatic carbocycles. The molecule has 1 N–H and O–H groups in total. The summed E-state index contributed by atoms with van der Waals surface area (Å²) in [5.74, 6) is 0.296. The maximum Gasteiger partial charge on any atom is 0.266 e. The topological polar surface area (TPSA) is 153 Å². The summed E-state index contributed by atoms with van der Waals surface area (Å²) >= 11 is 0. The number of rotatable bonds is 6. The van der Waals surface area contributed by atoms with Crippen LogP contribution in [0.25, 0.3) is 22.6 Å². The largest absolute Gasteiger partial charge is 0.475 e. The standard InChI is InChI=1S/C35H37N7O5S/c1-20(2)31-40-30-32(47-31)36-17-24(37-30)18-42-25(16-35(5)12-13-35)19-46-28-15-27(29-21(3)8-6-9-22(29)4)38-34(39-28)41-48(44,45)26-11-7-10-23(14-26)33(42)43/h6-11,14-15,17,20,25H,12-13,16,18-19H2,1-5H3,(H,38,39,41)/t25-/m1/s1. The van der Waals surface area contributed by atoms with Crippen LogP contribution in [0, 0.1) is 19.3 Å². The molecule has 1 fully saturated rings. The number of ether oxygens (including phenoxy) is 1. The Morgan fingerprint density at radius 2 is 1.77 bits per heavy atom. The van der Waals surface area contributed by atoms with E-state index in [9.17, 15) is 13.2 Å². The van der Waals surface area contributed by atoms with Crippen LogP contribution in [0.15, 0.2) is 64.0 Å². The highest BCUT2D eigenvalue weighted by atomic mass is 32.2. The molecule has 1 saturated carbocycles. The van der Waals surface area contributed by atoms with Gasteiger partial charge in [0.15, 0.2) is 0 Å². The summed E-state index contributed by atoms with van der Waals surface area (Å²) in [5.41, 5.74) is 4.78. The molecule has 0 spiro atoms. The van der Waals surface area contributed by atoms with Gasteiger partial charge in [-0.1, -0.05) is 45.0 Å². The van der Waals surface area contributed by atoms with Crippen molar-refractivity contribution in [3.8, 4) is 17.1 Å². The first-order valence-electron chi connectivity index (χ1n) is 16.0. The van der Waals surface area contributed by atoms with Crippen LogP contribution in [0.4, 0.5) is 5.95 Å². The van der Waals surface area contributed by atoms with E-state index in [4.69, 9.17) is 14.1 Å². The number of aromatic nitrogens is 5. The van der Waals surface area contributed by atoms with Crippen molar-refractivity contribution in [1.29, 1.82) is 0 Å². The number of hydrogen-bond acceptors (Lipinski definition) is 10. The van der Waals surface area contributed by atoms with Gasteiger partial charge in [-0.05, 0) is 67.9 Å². The summed E-state index contributed by atoms with van der Waals surface area (Å²) in [7, 11) is -4.18. The van der Waals surface area contributed by atoms with E-state index in [1.807, 2.05) is 45.9 Å². The number of aryl methyl sites for hydroxylation is 2. The number of sulfonamides is 1. The third-order valence-corrected chi connectivity index (χ3v) is 10.4. The van der Waals surface area contributed by atoms with Crippen molar-refractivity contribution in [2.75, 3.05) is 11.3 Å². The first-order valence-corrected chi connectivity index (χ1v) is 17.5. The van der Waals surface area contributed by atoms with Crippen LogP contribution in [-0.4, -0.2) is 56.8 Å². The van der Waals surface area contributed by atoms with E-state index in [-0.39, 0.29) is 52.7 Å². The molecule has 0 saturated heterocycles. The molecule has 12 nitrogen and oxygen atoms in total. The number of carbonyl (C=O) groups is 1. The highest BCUT2D eigenvalue weighted by molar-refractivity contribution is 7.92. The average molecular weight is 668 g/mol. The molecule has 4 heterocycles. The van der Waals surface area contributed by atoms with Gasteiger partial charge in [0.1, 0.15) is 6.61 Å². The van der Waals surface area contributed by atoms with Crippen LogP contribution in [0.2, 0.25) is 0 Å². The van der Waals surface area contributed by atoms with E-state index in [2.05, 4.69) is 31.6 Å². The highest BCUT2D eigenvalue weighted by Crippen LogP contribution is 2.49. The van der Waals surface area contributed by atoms with Gasteiger partial charge in [-0.2, -0.15) is 9.97 Å². The van der Waals surface area contributed by atoms with Gasteiger partial charge in [0, 0.05) is 23.1 Å². The van der Waals surface area contributed by atoms with Gasteiger partial charge in [-0.3, -0.25) is 4.79 Å². The summed E-state index contributed by atoms with van der Waals surface area (Å²) in [5, 5.41) is 0. The van der Waals surface area contributed by atoms with Gasteiger partial charge in [0.05, 0.1) is 35.1 Å². The molecule has 1 amide bonds. The van der Waals surface area contributed by atoms with Crippen LogP contribution in [0.3, 0.4) is 0 Å². The van der Waals surface area contributed by atoms with Crippen molar-refractivity contribution in [3.05, 3.63) is 83.0 Å². The van der Waals surface area contributed by atoms with Crippen molar-refractivity contribution >= 4 is 33.2 Å². The molecule has 1 aliphatic carbocycles. The SMILES string of the molecule is Cc1cccc(C)c1-c1cc2nc(n1)NS(=O)(=O)c1cccc(c1)C(=O)N(Cc1cnc3oc(C(C)C)nc3n1)[C@H](CC1(C)CC1)CO2. The van der Waals surface area contributed by atoms with Crippen LogP contribution in [0.5, 0.6) is 5.88 Å². The maximum absolute atomic E-state index is 14.4. The van der Waals surface area contributed by atoms with E-state index in [1.165, 1.54) is 12.1 Å². The molecule has 3 aromatic heterocycles. The van der Waals surface area contributed by atoms with Crippen molar-refractivity contribution in [3.63, 3.8) is 0 Å². The highest BCUT2D eigenvalue weighted by Gasteiger charge is 2.42. The number of amides is 1. The zero-order valence-electron chi connectivity index (χ0n) is 27.5. The molecule has 1 atom stereocenters. The molecule has 0 unspecified atom stereocenters. The molecule has 7 rings (SSSR count). The molecular weight excluding hydrogens is 630 g/mol. The fourth-order valence-corrected chi connectivity index (χ4v) is 7.09. The number of carbonyl (C=O) groups excluding carboxylic acids is 1. The Balaban J connectivity index is 1.35. The van der Waals surface area contributed by atoms with Gasteiger partial charge in [0.25, 0.3) is 21.6 Å². The van der Waals surface area contributed by atoms with E-state index in [0.29, 0.717) is 35.1 Å². The van der Waals surface area contributed by atoms with Gasteiger partial charge in [-0.15, -0.1) is 0 Å². The van der Waals surface area contributed by atoms with Crippen molar-refractivity contribution < 1.29 is 22.4 Å². The molecule has 0 radical (unpaired) electrons. The number of fused-ring (bicyclic) bond motifs is 5. The fourth-order valence-electron chi connectivity index (χ4n) is 6.10. The molecule has 248 valence electrons. The van der Waals surface area contributed by atoms with E-state index >= 15 is 0 Å². The number of hydrogen-bond donors (Lipinski definition) is 1. The Morgan fingerprint density at radius 1 is 1.02 bits per heavy atom. The molecule has 48 heavy (non-hydrogen) atoms. The Labute approximate surface area is 279 Å². The summed E-state index contributed by atoms with van der Waals surface area (Å²) in [4.78, 5) is 38.8. The predicted molar refractivity (Wildman–Crippen MR) is 179 cm³/mol. The summed E-state index contributed by atoms with van der Waals surface area (Å²) in [6.07, 6.45) is 4.30. The number of oxazole rings is 1. The van der Waals surface area contributed by atoms with Crippen LogP contribution in [-0.2, 0) is 16.6 Å². The molecule has 5 aromatic rings. The molecule has 2 aliphatic rings. The Kier molecular flexibility index (Phi) is 7.89. The second kappa shape index (κ2) is 12.0.